The first-order valence-electron chi connectivity index (χ1n) is 3.48. The van der Waals surface area contributed by atoms with Crippen LogP contribution in [0.5, 0.6) is 0 Å². The van der Waals surface area contributed by atoms with Gasteiger partial charge in [0.15, 0.2) is 0 Å². The van der Waals surface area contributed by atoms with Gasteiger partial charge in [0.05, 0.1) is 0 Å². The van der Waals surface area contributed by atoms with Crippen LogP contribution in [0.3, 0.4) is 0 Å². The molecule has 0 saturated carbocycles. The van der Waals surface area contributed by atoms with E-state index >= 15 is 0 Å². The van der Waals surface area contributed by atoms with Crippen molar-refractivity contribution in [3.05, 3.63) is 35.4 Å². The average molecular weight is 210 g/mol. The maximum Gasteiger partial charge on any atom is 1.00 e. The van der Waals surface area contributed by atoms with Crippen molar-refractivity contribution >= 4 is 10.1 Å². The van der Waals surface area contributed by atoms with Gasteiger partial charge in [-0.2, -0.15) is 8.42 Å². The largest absolute Gasteiger partial charge is 1.00 e. The van der Waals surface area contributed by atoms with Gasteiger partial charge >= 0.3 is 29.6 Å². The van der Waals surface area contributed by atoms with Crippen molar-refractivity contribution in [2.24, 2.45) is 0 Å². The quantitative estimate of drug-likeness (QED) is 0.477. The smallest absolute Gasteiger partial charge is 1.00 e. The zero-order chi connectivity index (χ0) is 9.19. The Labute approximate surface area is 102 Å². The Morgan fingerprint density at radius 3 is 2.15 bits per heavy atom. The Balaban J connectivity index is 0. The summed E-state index contributed by atoms with van der Waals surface area (Å²) >= 11 is 0. The Kier molecular flexibility index (Phi) is 5.17. The molecule has 0 bridgehead atoms. The van der Waals surface area contributed by atoms with Crippen molar-refractivity contribution in [1.82, 2.24) is 0 Å². The Morgan fingerprint density at radius 2 is 1.77 bits per heavy atom. The molecule has 0 fully saturated rings. The molecule has 0 spiro atoms. The van der Waals surface area contributed by atoms with Crippen molar-refractivity contribution in [1.29, 1.82) is 0 Å². The van der Waals surface area contributed by atoms with Crippen LogP contribution in [0.15, 0.2) is 24.3 Å². The van der Waals surface area contributed by atoms with E-state index in [0.29, 0.717) is 5.56 Å². The van der Waals surface area contributed by atoms with Crippen LogP contribution in [0.2, 0.25) is 0 Å². The van der Waals surface area contributed by atoms with E-state index in [0.717, 1.165) is 5.56 Å². The average Bonchev–Trinajstić information content (AvgIpc) is 1.91. The Hall–Kier alpha value is 0.130. The van der Waals surface area contributed by atoms with Gasteiger partial charge in [0, 0.05) is 0 Å². The second kappa shape index (κ2) is 5.12. The molecule has 0 aliphatic heterocycles. The van der Waals surface area contributed by atoms with Crippen LogP contribution in [0, 0.1) is 6.92 Å². The van der Waals surface area contributed by atoms with Crippen molar-refractivity contribution in [3.63, 3.8) is 0 Å². The molecule has 0 atom stereocenters. The molecule has 0 aliphatic carbocycles. The second-order valence-electron chi connectivity index (χ2n) is 2.71. The molecule has 0 amide bonds. The van der Waals surface area contributed by atoms with Crippen LogP contribution in [-0.2, 0) is 15.9 Å². The Bertz CT molecular complexity index is 361. The van der Waals surface area contributed by atoms with Gasteiger partial charge < -0.3 is 1.43 Å². The van der Waals surface area contributed by atoms with Crippen LogP contribution in [0.25, 0.3) is 0 Å². The fourth-order valence-corrected chi connectivity index (χ4v) is 1.51. The van der Waals surface area contributed by atoms with Crippen LogP contribution in [-0.4, -0.2) is 13.0 Å². The van der Waals surface area contributed by atoms with Gasteiger partial charge in [-0.1, -0.05) is 29.8 Å². The van der Waals surface area contributed by atoms with E-state index in [1.54, 1.807) is 24.3 Å². The number of benzene rings is 1. The van der Waals surface area contributed by atoms with E-state index in [4.69, 9.17) is 4.55 Å². The van der Waals surface area contributed by atoms with Crippen molar-refractivity contribution < 1.29 is 44.0 Å². The second-order valence-corrected chi connectivity index (χ2v) is 4.16. The molecule has 0 radical (unpaired) electrons. The van der Waals surface area contributed by atoms with E-state index in [9.17, 15) is 8.42 Å². The topological polar surface area (TPSA) is 54.4 Å². The number of hydrogen-bond acceptors (Lipinski definition) is 2. The molecule has 0 aromatic heterocycles. The molecule has 68 valence electrons. The number of hydrogen-bond donors (Lipinski definition) is 1. The minimum atomic E-state index is -3.89. The standard InChI is InChI=1S/C8H10O3S.Na.H/c1-7-2-4-8(5-3-7)6-12(9,10)11;;/h2-5H,6H2,1H3,(H,9,10,11);;/q;+1;-1. The van der Waals surface area contributed by atoms with E-state index in [2.05, 4.69) is 0 Å². The van der Waals surface area contributed by atoms with Crippen molar-refractivity contribution in [2.45, 2.75) is 12.7 Å². The first-order chi connectivity index (χ1) is 5.47. The minimum absolute atomic E-state index is 0. The molecule has 0 unspecified atom stereocenters. The van der Waals surface area contributed by atoms with Gasteiger partial charge in [-0.05, 0) is 12.5 Å². The first kappa shape index (κ1) is 13.1. The summed E-state index contributed by atoms with van der Waals surface area (Å²) in [6.45, 7) is 1.91. The molecule has 13 heavy (non-hydrogen) atoms. The molecule has 3 nitrogen and oxygen atoms in total. The minimum Gasteiger partial charge on any atom is -1.00 e. The molecule has 0 aliphatic rings. The molecular weight excluding hydrogens is 199 g/mol. The third-order valence-electron chi connectivity index (χ3n) is 1.47. The van der Waals surface area contributed by atoms with Gasteiger partial charge in [-0.3, -0.25) is 4.55 Å². The fourth-order valence-electron chi connectivity index (χ4n) is 0.895. The number of aryl methyl sites for hydroxylation is 1. The summed E-state index contributed by atoms with van der Waals surface area (Å²) in [6, 6.07) is 6.98. The third-order valence-corrected chi connectivity index (χ3v) is 2.17. The molecule has 0 saturated heterocycles. The Morgan fingerprint density at radius 1 is 1.31 bits per heavy atom. The predicted octanol–water partition coefficient (Wildman–Crippen LogP) is -1.50. The molecule has 1 rings (SSSR count). The summed E-state index contributed by atoms with van der Waals surface area (Å²) < 4.78 is 29.4. The van der Waals surface area contributed by atoms with E-state index in [1.807, 2.05) is 6.92 Å². The summed E-state index contributed by atoms with van der Waals surface area (Å²) in [5, 5.41) is 0. The van der Waals surface area contributed by atoms with Crippen LogP contribution >= 0.6 is 0 Å². The summed E-state index contributed by atoms with van der Waals surface area (Å²) in [6.07, 6.45) is 0. The van der Waals surface area contributed by atoms with Gasteiger partial charge in [0.2, 0.25) is 0 Å². The van der Waals surface area contributed by atoms with Crippen molar-refractivity contribution in [3.8, 4) is 0 Å². The molecule has 1 N–H and O–H groups in total. The van der Waals surface area contributed by atoms with Gasteiger partial charge in [-0.25, -0.2) is 0 Å². The zero-order valence-electron chi connectivity index (χ0n) is 8.69. The van der Waals surface area contributed by atoms with Gasteiger partial charge in [0.1, 0.15) is 5.75 Å². The summed E-state index contributed by atoms with van der Waals surface area (Å²) in [4.78, 5) is 0. The SMILES string of the molecule is Cc1ccc(CS(=O)(=O)O)cc1.[H-].[Na+]. The third kappa shape index (κ3) is 5.44. The van der Waals surface area contributed by atoms with Crippen LogP contribution < -0.4 is 29.6 Å². The first-order valence-corrected chi connectivity index (χ1v) is 5.09. The molecule has 0 heterocycles. The molecular formula is C8H11NaO3S. The predicted molar refractivity (Wildman–Crippen MR) is 47.5 cm³/mol. The van der Waals surface area contributed by atoms with Gasteiger partial charge in [0.25, 0.3) is 10.1 Å². The normalized spacial score (nSPS) is 10.6. The van der Waals surface area contributed by atoms with Crippen LogP contribution in [0.4, 0.5) is 0 Å². The molecule has 1 aromatic rings. The summed E-state index contributed by atoms with van der Waals surface area (Å²) in [5.41, 5.74) is 1.66. The summed E-state index contributed by atoms with van der Waals surface area (Å²) in [5.74, 6) is -0.312. The fraction of sp³-hybridized carbons (Fsp3) is 0.250. The van der Waals surface area contributed by atoms with Crippen molar-refractivity contribution in [2.75, 3.05) is 0 Å². The molecule has 1 aromatic carbocycles. The van der Waals surface area contributed by atoms with Gasteiger partial charge in [-0.15, -0.1) is 0 Å². The van der Waals surface area contributed by atoms with E-state index < -0.39 is 10.1 Å². The van der Waals surface area contributed by atoms with E-state index in [1.165, 1.54) is 0 Å². The number of rotatable bonds is 2. The summed E-state index contributed by atoms with van der Waals surface area (Å²) in [7, 11) is -3.89. The van der Waals surface area contributed by atoms with Crippen LogP contribution in [0.1, 0.15) is 12.6 Å². The monoisotopic (exact) mass is 210 g/mol. The maximum atomic E-state index is 10.4. The van der Waals surface area contributed by atoms with E-state index in [-0.39, 0.29) is 36.7 Å². The maximum absolute atomic E-state index is 10.4. The zero-order valence-corrected chi connectivity index (χ0v) is 10.5. The molecule has 5 heteroatoms.